The van der Waals surface area contributed by atoms with Gasteiger partial charge in [0.2, 0.25) is 5.91 Å². The average Bonchev–Trinajstić information content (AvgIpc) is 3.24. The Labute approximate surface area is 212 Å². The molecule has 1 aromatic heterocycles. The zero-order valence-corrected chi connectivity index (χ0v) is 21.6. The number of allylic oxidation sites excluding steroid dienone is 2. The lowest BCUT2D eigenvalue weighted by Gasteiger charge is -2.25. The van der Waals surface area contributed by atoms with E-state index in [9.17, 15) is 13.2 Å². The minimum atomic E-state index is -3.74. The second-order valence-electron chi connectivity index (χ2n) is 8.12. The van der Waals surface area contributed by atoms with Crippen molar-refractivity contribution in [3.8, 4) is 0 Å². The Hall–Kier alpha value is -3.44. The van der Waals surface area contributed by atoms with Crippen LogP contribution in [0.25, 0.3) is 6.08 Å². The molecule has 0 bridgehead atoms. The number of carbonyl (C=O) groups is 2. The lowest BCUT2D eigenvalue weighted by molar-refractivity contribution is -0.129. The molecule has 10 nitrogen and oxygen atoms in total. The van der Waals surface area contributed by atoms with Crippen LogP contribution in [0.5, 0.6) is 0 Å². The van der Waals surface area contributed by atoms with Crippen LogP contribution in [0.2, 0.25) is 0 Å². The lowest BCUT2D eigenvalue weighted by atomic mass is 10.1. The van der Waals surface area contributed by atoms with Gasteiger partial charge in [-0.3, -0.25) is 19.4 Å². The number of anilines is 1. The van der Waals surface area contributed by atoms with Crippen LogP contribution in [0.15, 0.2) is 53.2 Å². The molecule has 0 fully saturated rings. The molecule has 0 atom stereocenters. The molecule has 3 rings (SSSR count). The molecule has 1 aliphatic rings. The van der Waals surface area contributed by atoms with Gasteiger partial charge in [-0.25, -0.2) is 13.9 Å². The maximum Gasteiger partial charge on any atom is 0.264 e. The van der Waals surface area contributed by atoms with Gasteiger partial charge in [0.25, 0.3) is 10.0 Å². The fourth-order valence-electron chi connectivity index (χ4n) is 3.70. The molecule has 1 aromatic carbocycles. The summed E-state index contributed by atoms with van der Waals surface area (Å²) in [5.74, 6) is -0.385. The van der Waals surface area contributed by atoms with Crippen molar-refractivity contribution in [2.24, 2.45) is 0 Å². The third-order valence-corrected chi connectivity index (χ3v) is 7.45. The maximum atomic E-state index is 13.6. The average molecular weight is 518 g/mol. The molecule has 2 aromatic rings. The third-order valence-electron chi connectivity index (χ3n) is 5.61. The molecular formula is C25H35N5O5S. The van der Waals surface area contributed by atoms with Gasteiger partial charge in [0, 0.05) is 37.0 Å². The molecule has 0 saturated carbocycles. The fourth-order valence-corrected chi connectivity index (χ4v) is 5.22. The van der Waals surface area contributed by atoms with Crippen LogP contribution in [0.1, 0.15) is 56.7 Å². The number of benzene rings is 1. The van der Waals surface area contributed by atoms with Gasteiger partial charge >= 0.3 is 0 Å². The fraction of sp³-hybridized carbons (Fsp3) is 0.400. The number of aromatic nitrogens is 2. The molecule has 11 heteroatoms. The standard InChI is InChI=1S/C23H31N5O4S.C2H4O/c1-24-19-9-13-21(14-10-19)33(31,32)28(16-6-4-2-3-5-7-23(29)27-30)20-11-8-18-17-25-26-22(18)15-12-20;1-2-3/h9-15,17,24,30H,2-8,16H2,1H3,(H,25,26)(H,27,29);2H,1H3. The molecule has 0 spiro atoms. The van der Waals surface area contributed by atoms with Crippen molar-refractivity contribution in [3.05, 3.63) is 59.6 Å². The van der Waals surface area contributed by atoms with Crippen molar-refractivity contribution in [2.75, 3.05) is 18.9 Å². The van der Waals surface area contributed by atoms with Gasteiger partial charge < -0.3 is 10.1 Å². The summed E-state index contributed by atoms with van der Waals surface area (Å²) in [6.07, 6.45) is 12.9. The summed E-state index contributed by atoms with van der Waals surface area (Å²) in [5.41, 5.74) is 5.01. The second kappa shape index (κ2) is 14.8. The van der Waals surface area contributed by atoms with Gasteiger partial charge in [-0.1, -0.05) is 25.3 Å². The highest BCUT2D eigenvalue weighted by molar-refractivity contribution is 7.89. The summed E-state index contributed by atoms with van der Waals surface area (Å²) in [6.45, 7) is 1.80. The molecule has 0 radical (unpaired) electrons. The summed E-state index contributed by atoms with van der Waals surface area (Å²) in [7, 11) is -1.96. The molecular weight excluding hydrogens is 482 g/mol. The van der Waals surface area contributed by atoms with Crippen LogP contribution in [-0.2, 0) is 26.0 Å². The molecule has 36 heavy (non-hydrogen) atoms. The van der Waals surface area contributed by atoms with E-state index in [0.717, 1.165) is 42.5 Å². The van der Waals surface area contributed by atoms with E-state index in [1.807, 2.05) is 18.2 Å². The van der Waals surface area contributed by atoms with Crippen LogP contribution in [0, 0.1) is 0 Å². The number of aromatic amines is 1. The predicted molar refractivity (Wildman–Crippen MR) is 139 cm³/mol. The first-order valence-corrected chi connectivity index (χ1v) is 13.3. The van der Waals surface area contributed by atoms with E-state index in [0.29, 0.717) is 31.5 Å². The normalized spacial score (nSPS) is 12.4. The number of hydroxylamine groups is 1. The van der Waals surface area contributed by atoms with Crippen LogP contribution in [-0.4, -0.2) is 53.9 Å². The van der Waals surface area contributed by atoms with E-state index in [2.05, 4.69) is 15.5 Å². The van der Waals surface area contributed by atoms with Crippen molar-refractivity contribution in [3.63, 3.8) is 0 Å². The predicted octanol–water partition coefficient (Wildman–Crippen LogP) is 3.65. The highest BCUT2D eigenvalue weighted by Gasteiger charge is 2.26. The second-order valence-corrected chi connectivity index (χ2v) is 9.98. The first-order chi connectivity index (χ1) is 17.4. The van der Waals surface area contributed by atoms with E-state index in [1.165, 1.54) is 11.2 Å². The van der Waals surface area contributed by atoms with Gasteiger partial charge in [-0.05, 0) is 62.6 Å². The molecule has 0 aliphatic heterocycles. The molecule has 0 unspecified atom stereocenters. The SMILES string of the molecule is CC=O.CNc1ccc(S(=O)(=O)N(CCCCCCCC(=O)NO)C2=CCc3cn[nH]c3C=C2)cc1. The molecule has 4 N–H and O–H groups in total. The molecule has 1 aliphatic carbocycles. The minimum Gasteiger partial charge on any atom is -0.388 e. The van der Waals surface area contributed by atoms with Gasteiger partial charge in [-0.15, -0.1) is 0 Å². The highest BCUT2D eigenvalue weighted by Crippen LogP contribution is 2.26. The quantitative estimate of drug-likeness (QED) is 0.146. The van der Waals surface area contributed by atoms with E-state index < -0.39 is 10.0 Å². The van der Waals surface area contributed by atoms with E-state index in [-0.39, 0.29) is 17.2 Å². The number of hydrogen-bond acceptors (Lipinski definition) is 7. The Morgan fingerprint density at radius 2 is 1.81 bits per heavy atom. The Balaban J connectivity index is 0.00000145. The van der Waals surface area contributed by atoms with Crippen LogP contribution < -0.4 is 10.8 Å². The smallest absolute Gasteiger partial charge is 0.264 e. The maximum absolute atomic E-state index is 13.6. The van der Waals surface area contributed by atoms with Crippen LogP contribution in [0.4, 0.5) is 5.69 Å². The number of unbranched alkanes of at least 4 members (excludes halogenated alkanes) is 4. The van der Waals surface area contributed by atoms with Gasteiger partial charge in [0.15, 0.2) is 0 Å². The first kappa shape index (κ1) is 28.8. The van der Waals surface area contributed by atoms with Crippen LogP contribution >= 0.6 is 0 Å². The summed E-state index contributed by atoms with van der Waals surface area (Å²) >= 11 is 0. The number of carbonyl (C=O) groups excluding carboxylic acids is 2. The largest absolute Gasteiger partial charge is 0.388 e. The Morgan fingerprint density at radius 3 is 2.47 bits per heavy atom. The highest BCUT2D eigenvalue weighted by atomic mass is 32.2. The van der Waals surface area contributed by atoms with E-state index in [1.54, 1.807) is 43.0 Å². The number of nitrogens with zero attached hydrogens (tertiary/aromatic N) is 2. The van der Waals surface area contributed by atoms with E-state index >= 15 is 0 Å². The van der Waals surface area contributed by atoms with Crippen molar-refractivity contribution in [1.82, 2.24) is 20.0 Å². The Bertz CT molecular complexity index is 1140. The van der Waals surface area contributed by atoms with Gasteiger partial charge in [-0.2, -0.15) is 5.10 Å². The monoisotopic (exact) mass is 517 g/mol. The molecule has 196 valence electrons. The number of hydrogen-bond donors (Lipinski definition) is 4. The van der Waals surface area contributed by atoms with Crippen molar-refractivity contribution >= 4 is 34.0 Å². The lowest BCUT2D eigenvalue weighted by Crippen LogP contribution is -2.31. The number of aldehydes is 1. The van der Waals surface area contributed by atoms with Crippen molar-refractivity contribution < 1.29 is 23.2 Å². The van der Waals surface area contributed by atoms with E-state index in [4.69, 9.17) is 10.0 Å². The zero-order valence-electron chi connectivity index (χ0n) is 20.7. The summed E-state index contributed by atoms with van der Waals surface area (Å²) < 4.78 is 28.6. The van der Waals surface area contributed by atoms with Crippen molar-refractivity contribution in [2.45, 2.75) is 56.8 Å². The number of H-pyrrole nitrogens is 1. The first-order valence-electron chi connectivity index (χ1n) is 11.9. The molecule has 0 saturated heterocycles. The number of amides is 1. The Morgan fingerprint density at radius 1 is 1.14 bits per heavy atom. The number of nitrogens with one attached hydrogen (secondary N) is 3. The summed E-state index contributed by atoms with van der Waals surface area (Å²) in [5, 5.41) is 18.5. The summed E-state index contributed by atoms with van der Waals surface area (Å²) in [6, 6.07) is 6.74. The number of rotatable bonds is 12. The minimum absolute atomic E-state index is 0.246. The zero-order chi connectivity index (χ0) is 26.4. The number of sulfonamides is 1. The topological polar surface area (TPSA) is 144 Å². The number of fused-ring (bicyclic) bond motifs is 1. The Kier molecular flexibility index (Phi) is 11.9. The molecule has 1 heterocycles. The van der Waals surface area contributed by atoms with Crippen molar-refractivity contribution in [1.29, 1.82) is 0 Å². The third kappa shape index (κ3) is 8.35. The van der Waals surface area contributed by atoms with Crippen LogP contribution in [0.3, 0.4) is 0 Å². The summed E-state index contributed by atoms with van der Waals surface area (Å²) in [4.78, 5) is 20.1. The van der Waals surface area contributed by atoms with Gasteiger partial charge in [0.05, 0.1) is 16.8 Å². The molecule has 1 amide bonds. The van der Waals surface area contributed by atoms with Gasteiger partial charge in [0.1, 0.15) is 6.29 Å².